The van der Waals surface area contributed by atoms with Gasteiger partial charge in [0.2, 0.25) is 17.7 Å². The number of fused-ring (bicyclic) bond motifs is 1. The molecule has 0 atom stereocenters. The number of rotatable bonds is 9. The predicted octanol–water partition coefficient (Wildman–Crippen LogP) is 3.54. The Hall–Kier alpha value is -4.22. The number of hydrogen-bond donors (Lipinski definition) is 3. The van der Waals surface area contributed by atoms with E-state index in [2.05, 4.69) is 31.0 Å². The number of aromatic nitrogens is 4. The van der Waals surface area contributed by atoms with Crippen LogP contribution in [0.15, 0.2) is 57.7 Å². The zero-order valence-electron chi connectivity index (χ0n) is 18.4. The van der Waals surface area contributed by atoms with E-state index in [4.69, 9.17) is 4.42 Å². The molecule has 0 unspecified atom stereocenters. The number of aromatic amines is 1. The summed E-state index contributed by atoms with van der Waals surface area (Å²) in [6.07, 6.45) is -3.48. The summed E-state index contributed by atoms with van der Waals surface area (Å²) in [5.74, 6) is 0.662. The van der Waals surface area contributed by atoms with Gasteiger partial charge in [0.25, 0.3) is 5.56 Å². The number of benzene rings is 2. The van der Waals surface area contributed by atoms with E-state index in [0.717, 1.165) is 17.5 Å². The molecule has 0 fully saturated rings. The van der Waals surface area contributed by atoms with Crippen LogP contribution in [-0.2, 0) is 17.4 Å². The molecule has 0 aliphatic carbocycles. The summed E-state index contributed by atoms with van der Waals surface area (Å²) in [4.78, 5) is 23.9. The third-order valence-electron chi connectivity index (χ3n) is 5.16. The molecule has 4 rings (SSSR count). The van der Waals surface area contributed by atoms with E-state index in [-0.39, 0.29) is 36.1 Å². The first kappa shape index (κ1) is 23.9. The Bertz CT molecular complexity index is 1370. The highest BCUT2D eigenvalue weighted by atomic mass is 19.4. The van der Waals surface area contributed by atoms with Crippen molar-refractivity contribution in [3.05, 3.63) is 70.3 Å². The Balaban J connectivity index is 1.19. The van der Waals surface area contributed by atoms with Gasteiger partial charge in [-0.1, -0.05) is 18.2 Å². The third kappa shape index (κ3) is 6.02. The lowest BCUT2D eigenvalue weighted by Crippen LogP contribution is -2.26. The van der Waals surface area contributed by atoms with Gasteiger partial charge in [-0.3, -0.25) is 9.59 Å². The summed E-state index contributed by atoms with van der Waals surface area (Å²) in [5, 5.41) is 21.4. The number of aryl methyl sites for hydroxylation is 1. The van der Waals surface area contributed by atoms with Crippen LogP contribution < -0.4 is 16.2 Å². The monoisotopic (exact) mass is 486 g/mol. The summed E-state index contributed by atoms with van der Waals surface area (Å²) in [5.41, 5.74) is -0.666. The van der Waals surface area contributed by atoms with Gasteiger partial charge in [-0.25, -0.2) is 5.10 Å². The molecule has 0 aliphatic heterocycles. The van der Waals surface area contributed by atoms with Gasteiger partial charge in [0, 0.05) is 36.9 Å². The largest absolute Gasteiger partial charge is 0.421 e. The van der Waals surface area contributed by atoms with Gasteiger partial charge < -0.3 is 15.1 Å². The first-order valence-electron chi connectivity index (χ1n) is 10.8. The lowest BCUT2D eigenvalue weighted by molar-refractivity contribution is -0.137. The zero-order valence-corrected chi connectivity index (χ0v) is 18.4. The Morgan fingerprint density at radius 1 is 1.00 bits per heavy atom. The SMILES string of the molecule is O=C(CCc1nnc(-c2ccc(C(F)(F)F)cc2)o1)NCCCNc1n[nH]c(=O)c2ccccc12. The number of hydrogen-bond acceptors (Lipinski definition) is 7. The van der Waals surface area contributed by atoms with Crippen LogP contribution in [0.5, 0.6) is 0 Å². The number of amides is 1. The Morgan fingerprint density at radius 2 is 1.74 bits per heavy atom. The van der Waals surface area contributed by atoms with Crippen molar-refractivity contribution < 1.29 is 22.4 Å². The Labute approximate surface area is 196 Å². The van der Waals surface area contributed by atoms with Gasteiger partial charge >= 0.3 is 6.18 Å². The predicted molar refractivity (Wildman–Crippen MR) is 122 cm³/mol. The lowest BCUT2D eigenvalue weighted by Gasteiger charge is -2.08. The summed E-state index contributed by atoms with van der Waals surface area (Å²) in [7, 11) is 0. The standard InChI is InChI=1S/C23H21F3N6O3/c24-23(25,26)15-8-6-14(7-9-15)22-32-29-19(35-22)11-10-18(33)27-12-3-13-28-20-16-4-1-2-5-17(16)21(34)31-30-20/h1-2,4-9H,3,10-13H2,(H,27,33)(H,28,30)(H,31,34). The second-order valence-electron chi connectivity index (χ2n) is 7.65. The highest BCUT2D eigenvalue weighted by Crippen LogP contribution is 2.30. The van der Waals surface area contributed by atoms with Gasteiger partial charge in [-0.2, -0.15) is 18.3 Å². The molecule has 2 aromatic carbocycles. The first-order valence-corrected chi connectivity index (χ1v) is 10.8. The van der Waals surface area contributed by atoms with Gasteiger partial charge in [0.1, 0.15) is 0 Å². The van der Waals surface area contributed by atoms with E-state index < -0.39 is 11.7 Å². The van der Waals surface area contributed by atoms with Gasteiger partial charge in [0.15, 0.2) is 5.82 Å². The highest BCUT2D eigenvalue weighted by Gasteiger charge is 2.30. The first-order chi connectivity index (χ1) is 16.8. The van der Waals surface area contributed by atoms with Crippen molar-refractivity contribution in [2.75, 3.05) is 18.4 Å². The maximum Gasteiger partial charge on any atom is 0.416 e. The number of halogens is 3. The molecule has 2 heterocycles. The van der Waals surface area contributed by atoms with E-state index in [1.165, 1.54) is 12.1 Å². The topological polar surface area (TPSA) is 126 Å². The third-order valence-corrected chi connectivity index (χ3v) is 5.16. The number of alkyl halides is 3. The van der Waals surface area contributed by atoms with Crippen molar-refractivity contribution in [2.45, 2.75) is 25.4 Å². The van der Waals surface area contributed by atoms with E-state index in [0.29, 0.717) is 36.3 Å². The van der Waals surface area contributed by atoms with E-state index in [1.54, 1.807) is 12.1 Å². The molecule has 0 saturated heterocycles. The minimum atomic E-state index is -4.42. The number of H-pyrrole nitrogens is 1. The molecule has 12 heteroatoms. The summed E-state index contributed by atoms with van der Waals surface area (Å²) in [6, 6.07) is 11.5. The molecule has 0 radical (unpaired) electrons. The van der Waals surface area contributed by atoms with Crippen molar-refractivity contribution in [1.29, 1.82) is 0 Å². The molecule has 3 N–H and O–H groups in total. The van der Waals surface area contributed by atoms with Crippen LogP contribution in [-0.4, -0.2) is 39.4 Å². The van der Waals surface area contributed by atoms with E-state index in [9.17, 15) is 22.8 Å². The number of anilines is 1. The van der Waals surface area contributed by atoms with Gasteiger partial charge in [-0.15, -0.1) is 10.2 Å². The average Bonchev–Trinajstić information content (AvgIpc) is 3.33. The van der Waals surface area contributed by atoms with Crippen molar-refractivity contribution in [3.63, 3.8) is 0 Å². The maximum atomic E-state index is 12.7. The number of carbonyl (C=O) groups excluding carboxylic acids is 1. The number of nitrogens with one attached hydrogen (secondary N) is 3. The van der Waals surface area contributed by atoms with Crippen molar-refractivity contribution in [2.24, 2.45) is 0 Å². The number of carbonyl (C=O) groups is 1. The van der Waals surface area contributed by atoms with Gasteiger partial charge in [0.05, 0.1) is 10.9 Å². The molecular formula is C23H21F3N6O3. The highest BCUT2D eigenvalue weighted by molar-refractivity contribution is 5.90. The minimum absolute atomic E-state index is 0.0867. The fourth-order valence-corrected chi connectivity index (χ4v) is 3.35. The number of nitrogens with zero attached hydrogens (tertiary/aromatic N) is 3. The zero-order chi connectivity index (χ0) is 24.8. The molecule has 0 saturated carbocycles. The molecule has 182 valence electrons. The van der Waals surface area contributed by atoms with Crippen LogP contribution in [0.25, 0.3) is 22.2 Å². The minimum Gasteiger partial charge on any atom is -0.421 e. The normalized spacial score (nSPS) is 11.5. The summed E-state index contributed by atoms with van der Waals surface area (Å²) < 4.78 is 43.5. The molecule has 4 aromatic rings. The average molecular weight is 486 g/mol. The van der Waals surface area contributed by atoms with Crippen molar-refractivity contribution in [1.82, 2.24) is 25.7 Å². The van der Waals surface area contributed by atoms with E-state index in [1.807, 2.05) is 12.1 Å². The van der Waals surface area contributed by atoms with Crippen LogP contribution in [0, 0.1) is 0 Å². The summed E-state index contributed by atoms with van der Waals surface area (Å²) in [6.45, 7) is 0.956. The van der Waals surface area contributed by atoms with Crippen LogP contribution in [0.2, 0.25) is 0 Å². The van der Waals surface area contributed by atoms with Gasteiger partial charge in [-0.05, 0) is 36.8 Å². The van der Waals surface area contributed by atoms with E-state index >= 15 is 0 Å². The van der Waals surface area contributed by atoms with Crippen LogP contribution in [0.4, 0.5) is 19.0 Å². The molecule has 0 bridgehead atoms. The van der Waals surface area contributed by atoms with Crippen LogP contribution >= 0.6 is 0 Å². The fraction of sp³-hybridized carbons (Fsp3) is 0.261. The lowest BCUT2D eigenvalue weighted by atomic mass is 10.1. The molecule has 2 aromatic heterocycles. The van der Waals surface area contributed by atoms with Crippen LogP contribution in [0.3, 0.4) is 0 Å². The summed E-state index contributed by atoms with van der Waals surface area (Å²) >= 11 is 0. The second-order valence-corrected chi connectivity index (χ2v) is 7.65. The Morgan fingerprint density at radius 3 is 2.49 bits per heavy atom. The second kappa shape index (κ2) is 10.4. The van der Waals surface area contributed by atoms with Crippen LogP contribution in [0.1, 0.15) is 24.3 Å². The molecule has 0 aliphatic rings. The smallest absolute Gasteiger partial charge is 0.416 e. The van der Waals surface area contributed by atoms with Crippen molar-refractivity contribution >= 4 is 22.5 Å². The molecular weight excluding hydrogens is 465 g/mol. The molecule has 1 amide bonds. The molecule has 35 heavy (non-hydrogen) atoms. The quantitative estimate of drug-likeness (QED) is 0.309. The molecule has 9 nitrogen and oxygen atoms in total. The Kier molecular flexibility index (Phi) is 7.09. The molecule has 0 spiro atoms. The maximum absolute atomic E-state index is 12.7. The fourth-order valence-electron chi connectivity index (χ4n) is 3.35. The van der Waals surface area contributed by atoms with Crippen molar-refractivity contribution in [3.8, 4) is 11.5 Å².